The molecule has 7 heteroatoms. The van der Waals surface area contributed by atoms with Gasteiger partial charge in [-0.25, -0.2) is 14.4 Å². The maximum atomic E-state index is 11.3. The number of hydrogen-bond donors (Lipinski definition) is 4. The molecule has 25 heavy (non-hydrogen) atoms. The van der Waals surface area contributed by atoms with Crippen LogP contribution in [0.1, 0.15) is 41.0 Å². The maximum Gasteiger partial charge on any atom is 0.330 e. The molecule has 0 amide bonds. The predicted molar refractivity (Wildman–Crippen MR) is 92.1 cm³/mol. The average molecular weight is 354 g/mol. The summed E-state index contributed by atoms with van der Waals surface area (Å²) in [4.78, 5) is 33.9. The van der Waals surface area contributed by atoms with E-state index in [-0.39, 0.29) is 16.7 Å². The van der Waals surface area contributed by atoms with Crippen LogP contribution in [-0.2, 0) is 14.4 Å². The van der Waals surface area contributed by atoms with E-state index < -0.39 is 35.3 Å². The van der Waals surface area contributed by atoms with Gasteiger partial charge in [-0.05, 0) is 27.2 Å². The van der Waals surface area contributed by atoms with E-state index in [2.05, 4.69) is 0 Å². The van der Waals surface area contributed by atoms with Crippen LogP contribution in [0.2, 0.25) is 0 Å². The lowest BCUT2D eigenvalue weighted by molar-refractivity contribution is -0.133. The van der Waals surface area contributed by atoms with E-state index in [9.17, 15) is 34.8 Å². The summed E-state index contributed by atoms with van der Waals surface area (Å²) in [5.41, 5.74) is -2.69. The molecule has 0 aromatic rings. The first-order valence-corrected chi connectivity index (χ1v) is 7.75. The van der Waals surface area contributed by atoms with Crippen molar-refractivity contribution in [3.8, 4) is 0 Å². The lowest BCUT2D eigenvalue weighted by Crippen LogP contribution is -2.40. The molecule has 0 aliphatic carbocycles. The van der Waals surface area contributed by atoms with Gasteiger partial charge in [0.05, 0.1) is 0 Å². The molecule has 0 saturated carbocycles. The number of carboxylic acids is 3. The summed E-state index contributed by atoms with van der Waals surface area (Å²) in [6, 6.07) is 0. The number of carboxylic acid groups (broad SMARTS) is 3. The van der Waals surface area contributed by atoms with E-state index in [0.29, 0.717) is 6.42 Å². The van der Waals surface area contributed by atoms with Crippen molar-refractivity contribution >= 4 is 17.9 Å². The Morgan fingerprint density at radius 1 is 0.800 bits per heavy atom. The van der Waals surface area contributed by atoms with Gasteiger partial charge in [0.2, 0.25) is 0 Å². The summed E-state index contributed by atoms with van der Waals surface area (Å²) in [5.74, 6) is -3.66. The Morgan fingerprint density at radius 2 is 1.08 bits per heavy atom. The Balaban J connectivity index is 7.07. The zero-order valence-corrected chi connectivity index (χ0v) is 15.2. The van der Waals surface area contributed by atoms with Gasteiger partial charge in [0.25, 0.3) is 0 Å². The Kier molecular flexibility index (Phi) is 7.79. The van der Waals surface area contributed by atoms with Crippen LogP contribution < -0.4 is 0 Å². The Hall–Kier alpha value is -2.41. The van der Waals surface area contributed by atoms with E-state index >= 15 is 0 Å². The van der Waals surface area contributed by atoms with E-state index in [4.69, 9.17) is 0 Å². The molecule has 1 atom stereocenters. The lowest BCUT2D eigenvalue weighted by atomic mass is 9.61. The van der Waals surface area contributed by atoms with Crippen LogP contribution in [0, 0.1) is 10.8 Å². The van der Waals surface area contributed by atoms with Crippen LogP contribution in [0.3, 0.4) is 0 Å². The minimum Gasteiger partial charge on any atom is -0.478 e. The van der Waals surface area contributed by atoms with Gasteiger partial charge in [-0.2, -0.15) is 0 Å². The van der Waals surface area contributed by atoms with E-state index in [1.807, 2.05) is 0 Å². The van der Waals surface area contributed by atoms with Gasteiger partial charge in [0.1, 0.15) is 0 Å². The van der Waals surface area contributed by atoms with Gasteiger partial charge in [0, 0.05) is 34.2 Å². The Labute approximate surface area is 147 Å². The van der Waals surface area contributed by atoms with Crippen molar-refractivity contribution in [2.45, 2.75) is 41.0 Å². The molecule has 0 radical (unpaired) electrons. The van der Waals surface area contributed by atoms with E-state index in [1.54, 1.807) is 13.8 Å². The van der Waals surface area contributed by atoms with Crippen molar-refractivity contribution in [1.29, 1.82) is 0 Å². The van der Waals surface area contributed by atoms with E-state index in [1.165, 1.54) is 39.0 Å². The molecule has 0 fully saturated rings. The SMILES string of the molecule is CCC(C)(CO)C(C=C(C)C(=O)O)(C=C(C)C(=O)O)C=C(C)C(=O)O. The Morgan fingerprint density at radius 3 is 1.24 bits per heavy atom. The summed E-state index contributed by atoms with van der Waals surface area (Å²) in [7, 11) is 0. The van der Waals surface area contributed by atoms with Gasteiger partial charge in [-0.15, -0.1) is 0 Å². The predicted octanol–water partition coefficient (Wildman–Crippen LogP) is 2.47. The average Bonchev–Trinajstić information content (AvgIpc) is 2.52. The molecule has 7 nitrogen and oxygen atoms in total. The number of aliphatic carboxylic acids is 3. The highest BCUT2D eigenvalue weighted by Gasteiger charge is 2.43. The van der Waals surface area contributed by atoms with Gasteiger partial charge < -0.3 is 20.4 Å². The van der Waals surface area contributed by atoms with Crippen LogP contribution in [0.4, 0.5) is 0 Å². The number of hydrogen-bond acceptors (Lipinski definition) is 4. The quantitative estimate of drug-likeness (QED) is 0.468. The monoisotopic (exact) mass is 354 g/mol. The van der Waals surface area contributed by atoms with Crippen LogP contribution >= 0.6 is 0 Å². The first-order valence-electron chi connectivity index (χ1n) is 7.75. The van der Waals surface area contributed by atoms with Crippen LogP contribution in [0.15, 0.2) is 34.9 Å². The second-order valence-electron chi connectivity index (χ2n) is 6.40. The molecule has 0 heterocycles. The molecule has 0 rings (SSSR count). The normalized spacial score (nSPS) is 18.2. The zero-order valence-electron chi connectivity index (χ0n) is 15.2. The molecule has 0 aliphatic rings. The second-order valence-corrected chi connectivity index (χ2v) is 6.40. The van der Waals surface area contributed by atoms with Crippen LogP contribution in [0.25, 0.3) is 0 Å². The number of aliphatic hydroxyl groups excluding tert-OH is 1. The summed E-state index contributed by atoms with van der Waals surface area (Å²) in [6.07, 6.45) is 4.25. The summed E-state index contributed by atoms with van der Waals surface area (Å²) < 4.78 is 0. The highest BCUT2D eigenvalue weighted by Crippen LogP contribution is 2.47. The topological polar surface area (TPSA) is 132 Å². The largest absolute Gasteiger partial charge is 0.478 e. The molecule has 140 valence electrons. The van der Waals surface area contributed by atoms with E-state index in [0.717, 1.165) is 0 Å². The molecule has 0 spiro atoms. The molecule has 0 saturated heterocycles. The van der Waals surface area contributed by atoms with Gasteiger partial charge in [-0.3, -0.25) is 0 Å². The molecular formula is C18H26O7. The number of allylic oxidation sites excluding steroid dienone is 3. The third-order valence-corrected chi connectivity index (χ3v) is 4.55. The summed E-state index contributed by atoms with van der Waals surface area (Å²) in [6.45, 7) is 6.99. The van der Waals surface area contributed by atoms with Crippen molar-refractivity contribution in [3.63, 3.8) is 0 Å². The first-order chi connectivity index (χ1) is 11.4. The standard InChI is InChI=1S/C18H26O7/c1-6-17(5,10-19)18(7-11(2)14(20)21,8-12(3)15(22)23)9-13(4)16(24)25/h7-9,19H,6,10H2,1-5H3,(H,20,21)(H,22,23)(H,24,25). The van der Waals surface area contributed by atoms with Crippen LogP contribution in [0.5, 0.6) is 0 Å². The molecular weight excluding hydrogens is 328 g/mol. The molecule has 4 N–H and O–H groups in total. The third kappa shape index (κ3) is 5.29. The van der Waals surface area contributed by atoms with Crippen molar-refractivity contribution in [3.05, 3.63) is 34.9 Å². The van der Waals surface area contributed by atoms with Crippen molar-refractivity contribution in [2.24, 2.45) is 10.8 Å². The van der Waals surface area contributed by atoms with Crippen molar-refractivity contribution < 1.29 is 34.8 Å². The smallest absolute Gasteiger partial charge is 0.330 e. The maximum absolute atomic E-state index is 11.3. The molecule has 0 aromatic heterocycles. The zero-order chi connectivity index (χ0) is 20.0. The number of rotatable bonds is 9. The molecule has 0 aliphatic heterocycles. The van der Waals surface area contributed by atoms with Gasteiger partial charge in [0.15, 0.2) is 0 Å². The second kappa shape index (κ2) is 8.62. The Bertz CT molecular complexity index is 560. The highest BCUT2D eigenvalue weighted by atomic mass is 16.4. The lowest BCUT2D eigenvalue weighted by Gasteiger charge is -2.43. The highest BCUT2D eigenvalue weighted by molar-refractivity contribution is 5.89. The fourth-order valence-electron chi connectivity index (χ4n) is 2.46. The first kappa shape index (κ1) is 22.6. The minimum atomic E-state index is -1.41. The fourth-order valence-corrected chi connectivity index (χ4v) is 2.46. The fraction of sp³-hybridized carbons (Fsp3) is 0.500. The van der Waals surface area contributed by atoms with Crippen LogP contribution in [-0.4, -0.2) is 44.9 Å². The number of carbonyl (C=O) groups is 3. The molecule has 0 aromatic carbocycles. The van der Waals surface area contributed by atoms with Gasteiger partial charge >= 0.3 is 17.9 Å². The summed E-state index contributed by atoms with van der Waals surface area (Å²) >= 11 is 0. The third-order valence-electron chi connectivity index (χ3n) is 4.55. The van der Waals surface area contributed by atoms with Crippen molar-refractivity contribution in [1.82, 2.24) is 0 Å². The minimum absolute atomic E-state index is 0.0861. The van der Waals surface area contributed by atoms with Gasteiger partial charge in [-0.1, -0.05) is 32.1 Å². The summed E-state index contributed by atoms with van der Waals surface area (Å²) in [5, 5.41) is 37.7. The molecule has 1 unspecified atom stereocenters. The van der Waals surface area contributed by atoms with Crippen molar-refractivity contribution in [2.75, 3.05) is 6.61 Å². The molecule has 0 bridgehead atoms. The number of aliphatic hydroxyl groups is 1.